The predicted molar refractivity (Wildman–Crippen MR) is 89.5 cm³/mol. The van der Waals surface area contributed by atoms with Gasteiger partial charge in [0, 0.05) is 11.3 Å². The molecular weight excluding hydrogens is 343 g/mol. The number of carbonyl (C=O) groups excluding carboxylic acids is 1. The van der Waals surface area contributed by atoms with Crippen molar-refractivity contribution in [3.8, 4) is 0 Å². The third kappa shape index (κ3) is 2.45. The Morgan fingerprint density at radius 3 is 2.59 bits per heavy atom. The van der Waals surface area contributed by atoms with Gasteiger partial charge in [0.15, 0.2) is 0 Å². The van der Waals surface area contributed by atoms with Crippen LogP contribution in [0.3, 0.4) is 0 Å². The zero-order chi connectivity index (χ0) is 16.0. The highest BCUT2D eigenvalue weighted by atomic mass is 35.5. The molecule has 3 aromatic rings. The van der Waals surface area contributed by atoms with Gasteiger partial charge in [-0.3, -0.25) is 9.59 Å². The van der Waals surface area contributed by atoms with E-state index in [4.69, 9.17) is 23.2 Å². The molecule has 1 aromatic carbocycles. The summed E-state index contributed by atoms with van der Waals surface area (Å²) in [6.07, 6.45) is 0. The first-order valence-electron chi connectivity index (χ1n) is 6.38. The Morgan fingerprint density at radius 1 is 1.18 bits per heavy atom. The first-order chi connectivity index (χ1) is 10.4. The van der Waals surface area contributed by atoms with Gasteiger partial charge in [0.1, 0.15) is 4.83 Å². The van der Waals surface area contributed by atoms with Crippen molar-refractivity contribution in [2.24, 2.45) is 0 Å². The first kappa shape index (κ1) is 15.2. The van der Waals surface area contributed by atoms with Gasteiger partial charge in [0.25, 0.3) is 11.5 Å². The molecule has 0 saturated heterocycles. The van der Waals surface area contributed by atoms with Crippen molar-refractivity contribution in [2.75, 3.05) is 0 Å². The van der Waals surface area contributed by atoms with Gasteiger partial charge in [0.2, 0.25) is 0 Å². The van der Waals surface area contributed by atoms with Gasteiger partial charge < -0.3 is 0 Å². The second kappa shape index (κ2) is 5.50. The normalized spacial score (nSPS) is 11.1. The zero-order valence-electron chi connectivity index (χ0n) is 11.7. The molecule has 0 spiro atoms. The van der Waals surface area contributed by atoms with Crippen molar-refractivity contribution in [3.05, 3.63) is 61.5 Å². The summed E-state index contributed by atoms with van der Waals surface area (Å²) in [6.45, 7) is 3.68. The number of benzene rings is 1. The molecule has 0 atom stereocenters. The molecule has 7 heteroatoms. The minimum Gasteiger partial charge on any atom is -0.267 e. The van der Waals surface area contributed by atoms with E-state index in [1.54, 1.807) is 6.07 Å². The molecule has 0 saturated carbocycles. The van der Waals surface area contributed by atoms with Crippen molar-refractivity contribution < 1.29 is 4.79 Å². The van der Waals surface area contributed by atoms with Crippen LogP contribution in [0.1, 0.15) is 21.6 Å². The molecule has 0 radical (unpaired) electrons. The van der Waals surface area contributed by atoms with Crippen molar-refractivity contribution in [1.82, 2.24) is 8.94 Å². The Labute approximate surface area is 140 Å². The molecule has 0 fully saturated rings. The number of hydrogen-bond acceptors (Lipinski definition) is 4. The molecule has 3 rings (SSSR count). The third-order valence-corrected chi connectivity index (χ3v) is 4.96. The number of aryl methyl sites for hydroxylation is 2. The number of aromatic nitrogens is 2. The average Bonchev–Trinajstić information content (AvgIpc) is 2.78. The molecule has 22 heavy (non-hydrogen) atoms. The highest BCUT2D eigenvalue weighted by Gasteiger charge is 2.18. The number of carbonyl (C=O) groups is 1. The van der Waals surface area contributed by atoms with E-state index in [0.29, 0.717) is 20.8 Å². The summed E-state index contributed by atoms with van der Waals surface area (Å²) in [4.78, 5) is 29.9. The maximum atomic E-state index is 12.5. The molecular formula is C15H10Cl2N2O2S. The largest absolute Gasteiger partial charge is 0.277 e. The van der Waals surface area contributed by atoms with Crippen molar-refractivity contribution in [3.63, 3.8) is 0 Å². The molecule has 2 aromatic heterocycles. The molecule has 112 valence electrons. The van der Waals surface area contributed by atoms with Gasteiger partial charge >= 0.3 is 0 Å². The summed E-state index contributed by atoms with van der Waals surface area (Å²) >= 11 is 12.8. The summed E-state index contributed by atoms with van der Waals surface area (Å²) in [6, 6.07) is 6.35. The minimum atomic E-state index is -0.441. The molecule has 0 unspecified atom stereocenters. The fourth-order valence-corrected chi connectivity index (χ4v) is 3.60. The summed E-state index contributed by atoms with van der Waals surface area (Å²) < 4.78 is 1.10. The maximum absolute atomic E-state index is 12.5. The van der Waals surface area contributed by atoms with Crippen LogP contribution in [-0.4, -0.2) is 14.8 Å². The fraction of sp³-hybridized carbons (Fsp3) is 0.133. The van der Waals surface area contributed by atoms with Gasteiger partial charge in [-0.25, -0.2) is 4.98 Å². The van der Waals surface area contributed by atoms with Crippen molar-refractivity contribution in [2.45, 2.75) is 13.8 Å². The van der Waals surface area contributed by atoms with Gasteiger partial charge in [0.05, 0.1) is 15.4 Å². The van der Waals surface area contributed by atoms with E-state index < -0.39 is 5.91 Å². The lowest BCUT2D eigenvalue weighted by molar-refractivity contribution is 0.0969. The average molecular weight is 353 g/mol. The smallest absolute Gasteiger partial charge is 0.267 e. The highest BCUT2D eigenvalue weighted by Crippen LogP contribution is 2.24. The summed E-state index contributed by atoms with van der Waals surface area (Å²) in [5.74, 6) is -0.441. The van der Waals surface area contributed by atoms with Crippen molar-refractivity contribution in [1.29, 1.82) is 0 Å². The molecule has 0 N–H and O–H groups in total. The number of rotatable bonds is 1. The van der Waals surface area contributed by atoms with E-state index in [-0.39, 0.29) is 10.6 Å². The predicted octanol–water partition coefficient (Wildman–Crippen LogP) is 4.07. The number of halogens is 2. The number of pyridine rings is 1. The number of fused-ring (bicyclic) bond motifs is 1. The van der Waals surface area contributed by atoms with Crippen LogP contribution in [0.2, 0.25) is 10.0 Å². The topological polar surface area (TPSA) is 52.0 Å². The van der Waals surface area contributed by atoms with E-state index in [1.807, 2.05) is 19.9 Å². The van der Waals surface area contributed by atoms with Crippen LogP contribution in [0.4, 0.5) is 0 Å². The Balaban J connectivity index is 2.19. The van der Waals surface area contributed by atoms with Crippen LogP contribution < -0.4 is 5.56 Å². The van der Waals surface area contributed by atoms with Gasteiger partial charge in [-0.05, 0) is 55.2 Å². The second-order valence-electron chi connectivity index (χ2n) is 4.89. The quantitative estimate of drug-likeness (QED) is 0.663. The van der Waals surface area contributed by atoms with Crippen molar-refractivity contribution >= 4 is 50.9 Å². The van der Waals surface area contributed by atoms with Crippen LogP contribution >= 0.6 is 34.7 Å². The maximum Gasteiger partial charge on any atom is 0.277 e. The number of hydrogen-bond donors (Lipinski definition) is 0. The summed E-state index contributed by atoms with van der Waals surface area (Å²) in [7, 11) is 0. The molecule has 2 heterocycles. The minimum absolute atomic E-state index is 0.270. The molecule has 0 aliphatic rings. The Bertz CT molecular complexity index is 976. The Morgan fingerprint density at radius 2 is 1.91 bits per heavy atom. The van der Waals surface area contributed by atoms with Crippen LogP contribution in [0.25, 0.3) is 10.2 Å². The zero-order valence-corrected chi connectivity index (χ0v) is 14.0. The van der Waals surface area contributed by atoms with Gasteiger partial charge in [-0.15, -0.1) is 0 Å². The third-order valence-electron chi connectivity index (χ3n) is 3.24. The molecule has 0 bridgehead atoms. The number of nitrogens with zero attached hydrogens (tertiary/aromatic N) is 2. The molecule has 0 amide bonds. The highest BCUT2D eigenvalue weighted by molar-refractivity contribution is 7.14. The monoisotopic (exact) mass is 352 g/mol. The molecule has 0 aliphatic heterocycles. The lowest BCUT2D eigenvalue weighted by Crippen LogP contribution is -2.22. The Hall–Kier alpha value is -1.69. The SMILES string of the molecule is Cc1cc(C)c2c(=O)n(C(=O)c3ccc(Cl)c(Cl)c3)sc2n1. The standard InChI is InChI=1S/C15H10Cl2N2O2S/c1-7-5-8(2)18-13-12(7)15(21)19(22-13)14(20)9-3-4-10(16)11(17)6-9/h3-6H,1-2H3. The lowest BCUT2D eigenvalue weighted by Gasteiger charge is -2.01. The van der Waals surface area contributed by atoms with E-state index >= 15 is 0 Å². The van der Waals surface area contributed by atoms with Crippen LogP contribution in [0.5, 0.6) is 0 Å². The molecule has 0 aliphatic carbocycles. The summed E-state index contributed by atoms with van der Waals surface area (Å²) in [5, 5.41) is 1.10. The van der Waals surface area contributed by atoms with Crippen LogP contribution in [0, 0.1) is 13.8 Å². The molecule has 4 nitrogen and oxygen atoms in total. The summed E-state index contributed by atoms with van der Waals surface area (Å²) in [5.41, 5.74) is 1.56. The second-order valence-corrected chi connectivity index (χ2v) is 6.63. The van der Waals surface area contributed by atoms with E-state index in [0.717, 1.165) is 26.7 Å². The van der Waals surface area contributed by atoms with Gasteiger partial charge in [-0.1, -0.05) is 23.2 Å². The van der Waals surface area contributed by atoms with E-state index in [2.05, 4.69) is 4.98 Å². The first-order valence-corrected chi connectivity index (χ1v) is 7.91. The van der Waals surface area contributed by atoms with Crippen LogP contribution in [-0.2, 0) is 0 Å². The Kier molecular flexibility index (Phi) is 3.80. The van der Waals surface area contributed by atoms with E-state index in [9.17, 15) is 9.59 Å². The fourth-order valence-electron chi connectivity index (χ4n) is 2.24. The van der Waals surface area contributed by atoms with Crippen LogP contribution in [0.15, 0.2) is 29.1 Å². The van der Waals surface area contributed by atoms with E-state index in [1.165, 1.54) is 12.1 Å². The van der Waals surface area contributed by atoms with Gasteiger partial charge in [-0.2, -0.15) is 3.96 Å². The lowest BCUT2D eigenvalue weighted by atomic mass is 10.2.